The molecule has 0 bridgehead atoms. The van der Waals surface area contributed by atoms with E-state index >= 15 is 0 Å². The zero-order valence-electron chi connectivity index (χ0n) is 14.8. The maximum atomic E-state index is 12.0. The molecule has 1 heterocycles. The Kier molecular flexibility index (Phi) is 6.23. The van der Waals surface area contributed by atoms with E-state index in [4.69, 9.17) is 4.74 Å². The smallest absolute Gasteiger partial charge is 0.319 e. The molecule has 6 nitrogen and oxygen atoms in total. The monoisotopic (exact) mass is 330 g/mol. The molecule has 0 fully saturated rings. The summed E-state index contributed by atoms with van der Waals surface area (Å²) >= 11 is 0. The Hall–Kier alpha value is -2.50. The predicted molar refractivity (Wildman–Crippen MR) is 95.7 cm³/mol. The van der Waals surface area contributed by atoms with Crippen molar-refractivity contribution in [3.05, 3.63) is 41.5 Å². The van der Waals surface area contributed by atoms with Gasteiger partial charge in [0.05, 0.1) is 7.11 Å². The molecule has 1 aromatic carbocycles. The number of nitrogens with zero attached hydrogens (tertiary/aromatic N) is 2. The minimum Gasteiger partial charge on any atom is -0.496 e. The third kappa shape index (κ3) is 4.50. The fourth-order valence-electron chi connectivity index (χ4n) is 2.83. The maximum Gasteiger partial charge on any atom is 0.319 e. The maximum absolute atomic E-state index is 12.0. The summed E-state index contributed by atoms with van der Waals surface area (Å²) < 4.78 is 7.45. The van der Waals surface area contributed by atoms with Crippen LogP contribution < -0.4 is 15.4 Å². The first-order chi connectivity index (χ1) is 11.5. The normalized spacial score (nSPS) is 10.5. The predicted octanol–water partition coefficient (Wildman–Crippen LogP) is 3.28. The Morgan fingerprint density at radius 3 is 2.62 bits per heavy atom. The highest BCUT2D eigenvalue weighted by Crippen LogP contribution is 2.26. The standard InChI is InChI=1S/C18H26N4O2/c1-5-16-19-8-10-22(16)9-6-7-20-18(23)21-15-11-13(2)17(24-4)14(3)12-15/h8,10-12H,5-7,9H2,1-4H3,(H2,20,21,23). The number of hydrogen-bond acceptors (Lipinski definition) is 3. The first-order valence-corrected chi connectivity index (χ1v) is 8.25. The fourth-order valence-corrected chi connectivity index (χ4v) is 2.83. The van der Waals surface area contributed by atoms with E-state index in [-0.39, 0.29) is 6.03 Å². The molecule has 0 saturated heterocycles. The van der Waals surface area contributed by atoms with E-state index in [0.717, 1.165) is 47.8 Å². The van der Waals surface area contributed by atoms with Crippen molar-refractivity contribution in [1.29, 1.82) is 0 Å². The summed E-state index contributed by atoms with van der Waals surface area (Å²) in [6.45, 7) is 7.48. The van der Waals surface area contributed by atoms with Crippen LogP contribution in [0.5, 0.6) is 5.75 Å². The zero-order chi connectivity index (χ0) is 17.5. The molecule has 0 unspecified atom stereocenters. The molecule has 0 aliphatic heterocycles. The van der Waals surface area contributed by atoms with Crippen molar-refractivity contribution >= 4 is 11.7 Å². The third-order valence-corrected chi connectivity index (χ3v) is 3.90. The van der Waals surface area contributed by atoms with E-state index in [0.29, 0.717) is 6.54 Å². The van der Waals surface area contributed by atoms with Crippen molar-refractivity contribution in [2.24, 2.45) is 0 Å². The number of aryl methyl sites for hydroxylation is 4. The summed E-state index contributed by atoms with van der Waals surface area (Å²) in [5.74, 6) is 1.93. The average Bonchev–Trinajstić information content (AvgIpc) is 2.98. The van der Waals surface area contributed by atoms with Crippen molar-refractivity contribution in [1.82, 2.24) is 14.9 Å². The third-order valence-electron chi connectivity index (χ3n) is 3.90. The second kappa shape index (κ2) is 8.38. The van der Waals surface area contributed by atoms with Gasteiger partial charge in [0.25, 0.3) is 0 Å². The van der Waals surface area contributed by atoms with Crippen LogP contribution in [0.1, 0.15) is 30.3 Å². The number of ether oxygens (including phenoxy) is 1. The Balaban J connectivity index is 1.79. The SMILES string of the molecule is CCc1nccn1CCCNC(=O)Nc1cc(C)c(OC)c(C)c1. The lowest BCUT2D eigenvalue weighted by atomic mass is 10.1. The number of imidazole rings is 1. The second-order valence-electron chi connectivity index (χ2n) is 5.77. The van der Waals surface area contributed by atoms with Gasteiger partial charge in [-0.25, -0.2) is 9.78 Å². The molecule has 6 heteroatoms. The first-order valence-electron chi connectivity index (χ1n) is 8.25. The van der Waals surface area contributed by atoms with Crippen LogP contribution in [0.25, 0.3) is 0 Å². The zero-order valence-corrected chi connectivity index (χ0v) is 14.8. The van der Waals surface area contributed by atoms with Gasteiger partial charge >= 0.3 is 6.03 Å². The minimum absolute atomic E-state index is 0.194. The average molecular weight is 330 g/mol. The highest BCUT2D eigenvalue weighted by Gasteiger charge is 2.07. The van der Waals surface area contributed by atoms with Crippen LogP contribution in [0.4, 0.5) is 10.5 Å². The van der Waals surface area contributed by atoms with E-state index in [1.807, 2.05) is 38.4 Å². The molecule has 2 N–H and O–H groups in total. The van der Waals surface area contributed by atoms with Gasteiger partial charge in [-0.05, 0) is 43.5 Å². The summed E-state index contributed by atoms with van der Waals surface area (Å²) in [7, 11) is 1.65. The van der Waals surface area contributed by atoms with Crippen LogP contribution in [0.2, 0.25) is 0 Å². The van der Waals surface area contributed by atoms with Gasteiger partial charge in [-0.2, -0.15) is 0 Å². The molecule has 0 spiro atoms. The van der Waals surface area contributed by atoms with Gasteiger partial charge in [0.2, 0.25) is 0 Å². The van der Waals surface area contributed by atoms with E-state index in [9.17, 15) is 4.79 Å². The lowest BCUT2D eigenvalue weighted by Crippen LogP contribution is -2.30. The van der Waals surface area contributed by atoms with Crippen molar-refractivity contribution in [2.45, 2.75) is 40.2 Å². The van der Waals surface area contributed by atoms with Gasteiger partial charge in [-0.15, -0.1) is 0 Å². The highest BCUT2D eigenvalue weighted by atomic mass is 16.5. The van der Waals surface area contributed by atoms with Crippen LogP contribution in [0.15, 0.2) is 24.5 Å². The number of benzene rings is 1. The van der Waals surface area contributed by atoms with Crippen LogP contribution >= 0.6 is 0 Å². The molecule has 130 valence electrons. The second-order valence-corrected chi connectivity index (χ2v) is 5.77. The lowest BCUT2D eigenvalue weighted by molar-refractivity contribution is 0.252. The number of amides is 2. The van der Waals surface area contributed by atoms with Crippen LogP contribution in [0, 0.1) is 13.8 Å². The number of hydrogen-bond donors (Lipinski definition) is 2. The Morgan fingerprint density at radius 2 is 2.00 bits per heavy atom. The van der Waals surface area contributed by atoms with Crippen LogP contribution in [0.3, 0.4) is 0 Å². The van der Waals surface area contributed by atoms with Gasteiger partial charge in [-0.3, -0.25) is 0 Å². The topological polar surface area (TPSA) is 68.2 Å². The molecule has 24 heavy (non-hydrogen) atoms. The molecule has 2 aromatic rings. The summed E-state index contributed by atoms with van der Waals surface area (Å²) in [5.41, 5.74) is 2.77. The van der Waals surface area contributed by atoms with Crippen molar-refractivity contribution in [3.8, 4) is 5.75 Å². The number of urea groups is 1. The number of aromatic nitrogens is 2. The van der Waals surface area contributed by atoms with Crippen molar-refractivity contribution < 1.29 is 9.53 Å². The van der Waals surface area contributed by atoms with E-state index in [1.54, 1.807) is 7.11 Å². The van der Waals surface area contributed by atoms with E-state index in [1.165, 1.54) is 0 Å². The van der Waals surface area contributed by atoms with Crippen molar-refractivity contribution in [2.75, 3.05) is 19.0 Å². The number of carbonyl (C=O) groups excluding carboxylic acids is 1. The molecular weight excluding hydrogens is 304 g/mol. The molecule has 2 rings (SSSR count). The summed E-state index contributed by atoms with van der Waals surface area (Å²) in [4.78, 5) is 16.3. The Bertz CT molecular complexity index is 671. The van der Waals surface area contributed by atoms with Crippen molar-refractivity contribution in [3.63, 3.8) is 0 Å². The van der Waals surface area contributed by atoms with Gasteiger partial charge in [0.1, 0.15) is 11.6 Å². The highest BCUT2D eigenvalue weighted by molar-refractivity contribution is 5.89. The van der Waals surface area contributed by atoms with Gasteiger partial charge in [0.15, 0.2) is 0 Å². The molecule has 0 atom stereocenters. The lowest BCUT2D eigenvalue weighted by Gasteiger charge is -2.13. The molecule has 0 aliphatic rings. The molecule has 0 radical (unpaired) electrons. The van der Waals surface area contributed by atoms with Crippen LogP contribution in [-0.2, 0) is 13.0 Å². The number of rotatable bonds is 7. The summed E-state index contributed by atoms with van der Waals surface area (Å²) in [6, 6.07) is 3.62. The Labute approximate surface area is 143 Å². The van der Waals surface area contributed by atoms with E-state index < -0.39 is 0 Å². The van der Waals surface area contributed by atoms with Gasteiger partial charge in [-0.1, -0.05) is 6.92 Å². The number of nitrogens with one attached hydrogen (secondary N) is 2. The Morgan fingerprint density at radius 1 is 1.29 bits per heavy atom. The van der Waals surface area contributed by atoms with E-state index in [2.05, 4.69) is 27.1 Å². The summed E-state index contributed by atoms with van der Waals surface area (Å²) in [5, 5.41) is 5.75. The minimum atomic E-state index is -0.194. The molecule has 2 amide bonds. The van der Waals surface area contributed by atoms with Gasteiger partial charge in [0, 0.05) is 37.6 Å². The first kappa shape index (κ1) is 17.8. The number of anilines is 1. The number of methoxy groups -OCH3 is 1. The quantitative estimate of drug-likeness (QED) is 0.766. The molecule has 1 aromatic heterocycles. The summed E-state index contributed by atoms with van der Waals surface area (Å²) in [6.07, 6.45) is 5.56. The largest absolute Gasteiger partial charge is 0.496 e. The number of carbonyl (C=O) groups is 1. The molecule has 0 saturated carbocycles. The van der Waals surface area contributed by atoms with Crippen LogP contribution in [-0.4, -0.2) is 29.2 Å². The van der Waals surface area contributed by atoms with Gasteiger partial charge < -0.3 is 19.9 Å². The molecule has 0 aliphatic carbocycles. The molecular formula is C18H26N4O2. The fraction of sp³-hybridized carbons (Fsp3) is 0.444.